The third-order valence-corrected chi connectivity index (χ3v) is 3.08. The maximum Gasteiger partial charge on any atom is 0.173 e. The van der Waals surface area contributed by atoms with E-state index in [0.717, 1.165) is 12.8 Å². The SMILES string of the molecule is CCCC(C)CC(O)C(N)Oc1ccccc1C#N. The topological polar surface area (TPSA) is 79.3 Å². The lowest BCUT2D eigenvalue weighted by Gasteiger charge is -2.23. The number of aliphatic hydroxyl groups excluding tert-OH is 1. The molecule has 3 N–H and O–H groups in total. The van der Waals surface area contributed by atoms with Crippen LogP contribution in [-0.2, 0) is 0 Å². The molecule has 1 aromatic rings. The zero-order chi connectivity index (χ0) is 14.3. The second-order valence-electron chi connectivity index (χ2n) is 4.89. The lowest BCUT2D eigenvalue weighted by Crippen LogP contribution is -2.40. The first-order valence-electron chi connectivity index (χ1n) is 6.67. The van der Waals surface area contributed by atoms with E-state index in [9.17, 15) is 5.11 Å². The highest BCUT2D eigenvalue weighted by atomic mass is 16.5. The van der Waals surface area contributed by atoms with Gasteiger partial charge in [-0.1, -0.05) is 38.8 Å². The smallest absolute Gasteiger partial charge is 0.173 e. The van der Waals surface area contributed by atoms with Crippen molar-refractivity contribution in [3.63, 3.8) is 0 Å². The van der Waals surface area contributed by atoms with Crippen LogP contribution >= 0.6 is 0 Å². The van der Waals surface area contributed by atoms with Gasteiger partial charge in [-0.3, -0.25) is 5.73 Å². The van der Waals surface area contributed by atoms with Crippen LogP contribution in [-0.4, -0.2) is 17.4 Å². The Hall–Kier alpha value is -1.57. The van der Waals surface area contributed by atoms with Gasteiger partial charge in [-0.25, -0.2) is 0 Å². The Morgan fingerprint density at radius 3 is 2.74 bits per heavy atom. The summed E-state index contributed by atoms with van der Waals surface area (Å²) in [6.07, 6.45) is 1.20. The normalized spacial score (nSPS) is 15.3. The number of para-hydroxylation sites is 1. The molecule has 0 radical (unpaired) electrons. The summed E-state index contributed by atoms with van der Waals surface area (Å²) in [5.74, 6) is 0.820. The Labute approximate surface area is 114 Å². The van der Waals surface area contributed by atoms with Crippen molar-refractivity contribution in [3.05, 3.63) is 29.8 Å². The molecule has 0 aliphatic heterocycles. The van der Waals surface area contributed by atoms with Gasteiger partial charge in [-0.15, -0.1) is 0 Å². The molecule has 0 amide bonds. The van der Waals surface area contributed by atoms with Crippen LogP contribution in [0.15, 0.2) is 24.3 Å². The van der Waals surface area contributed by atoms with Gasteiger partial charge in [-0.2, -0.15) is 5.26 Å². The number of ether oxygens (including phenoxy) is 1. The number of nitrogens with two attached hydrogens (primary N) is 1. The van der Waals surface area contributed by atoms with Gasteiger partial charge in [-0.05, 0) is 24.5 Å². The Morgan fingerprint density at radius 2 is 2.11 bits per heavy atom. The quantitative estimate of drug-likeness (QED) is 0.739. The highest BCUT2D eigenvalue weighted by Gasteiger charge is 2.20. The van der Waals surface area contributed by atoms with E-state index in [4.69, 9.17) is 15.7 Å². The lowest BCUT2D eigenvalue weighted by atomic mass is 9.98. The number of hydrogen-bond donors (Lipinski definition) is 2. The predicted molar refractivity (Wildman–Crippen MR) is 74.5 cm³/mol. The first kappa shape index (κ1) is 15.5. The van der Waals surface area contributed by atoms with Crippen molar-refractivity contribution in [1.29, 1.82) is 5.26 Å². The molecule has 1 rings (SSSR count). The average Bonchev–Trinajstić information content (AvgIpc) is 2.39. The van der Waals surface area contributed by atoms with Crippen molar-refractivity contribution in [2.75, 3.05) is 0 Å². The summed E-state index contributed by atoms with van der Waals surface area (Å²) in [4.78, 5) is 0. The fourth-order valence-corrected chi connectivity index (χ4v) is 2.04. The first-order chi connectivity index (χ1) is 9.08. The van der Waals surface area contributed by atoms with Crippen molar-refractivity contribution in [2.45, 2.75) is 45.4 Å². The monoisotopic (exact) mass is 262 g/mol. The molecule has 0 saturated heterocycles. The largest absolute Gasteiger partial charge is 0.471 e. The van der Waals surface area contributed by atoms with Gasteiger partial charge in [0.1, 0.15) is 17.9 Å². The number of aliphatic hydroxyl groups is 1. The third-order valence-electron chi connectivity index (χ3n) is 3.08. The number of hydrogen-bond acceptors (Lipinski definition) is 4. The molecular formula is C15H22N2O2. The van der Waals surface area contributed by atoms with E-state index in [2.05, 4.69) is 13.8 Å². The standard InChI is InChI=1S/C15H22N2O2/c1-3-6-11(2)9-13(18)15(17)19-14-8-5-4-7-12(14)10-16/h4-5,7-8,11,13,15,18H,3,6,9,17H2,1-2H3. The molecule has 4 heteroatoms. The summed E-state index contributed by atoms with van der Waals surface area (Å²) >= 11 is 0. The van der Waals surface area contributed by atoms with E-state index in [-0.39, 0.29) is 0 Å². The van der Waals surface area contributed by atoms with Gasteiger partial charge in [0.25, 0.3) is 0 Å². The molecule has 0 aliphatic carbocycles. The molecule has 3 unspecified atom stereocenters. The molecule has 104 valence electrons. The number of nitriles is 1. The van der Waals surface area contributed by atoms with Gasteiger partial charge < -0.3 is 9.84 Å². The second kappa shape index (κ2) is 7.78. The molecule has 0 fully saturated rings. The van der Waals surface area contributed by atoms with Crippen LogP contribution in [0, 0.1) is 17.2 Å². The minimum Gasteiger partial charge on any atom is -0.471 e. The van der Waals surface area contributed by atoms with Crippen molar-refractivity contribution < 1.29 is 9.84 Å². The molecular weight excluding hydrogens is 240 g/mol. The van der Waals surface area contributed by atoms with Gasteiger partial charge in [0, 0.05) is 0 Å². The third kappa shape index (κ3) is 4.90. The van der Waals surface area contributed by atoms with Crippen LogP contribution < -0.4 is 10.5 Å². The summed E-state index contributed by atoms with van der Waals surface area (Å²) in [6.45, 7) is 4.20. The first-order valence-corrected chi connectivity index (χ1v) is 6.67. The predicted octanol–water partition coefficient (Wildman–Crippen LogP) is 2.41. The maximum atomic E-state index is 10.0. The molecule has 0 spiro atoms. The Morgan fingerprint density at radius 1 is 1.42 bits per heavy atom. The van der Waals surface area contributed by atoms with Gasteiger partial charge in [0.2, 0.25) is 0 Å². The zero-order valence-corrected chi connectivity index (χ0v) is 11.5. The molecule has 1 aromatic carbocycles. The van der Waals surface area contributed by atoms with Gasteiger partial charge >= 0.3 is 0 Å². The number of benzene rings is 1. The molecule has 0 aromatic heterocycles. The Balaban J connectivity index is 2.59. The van der Waals surface area contributed by atoms with E-state index in [1.165, 1.54) is 0 Å². The van der Waals surface area contributed by atoms with Gasteiger partial charge in [0.15, 0.2) is 6.23 Å². The van der Waals surface area contributed by atoms with Crippen LogP contribution in [0.4, 0.5) is 0 Å². The molecule has 0 saturated carbocycles. The van der Waals surface area contributed by atoms with Crippen LogP contribution in [0.5, 0.6) is 5.75 Å². The van der Waals surface area contributed by atoms with Crippen molar-refractivity contribution in [2.24, 2.45) is 11.7 Å². The summed E-state index contributed by atoms with van der Waals surface area (Å²) in [5.41, 5.74) is 6.26. The summed E-state index contributed by atoms with van der Waals surface area (Å²) < 4.78 is 5.48. The lowest BCUT2D eigenvalue weighted by molar-refractivity contribution is 0.0244. The van der Waals surface area contributed by atoms with E-state index >= 15 is 0 Å². The Bertz CT molecular complexity index is 428. The zero-order valence-electron chi connectivity index (χ0n) is 11.5. The van der Waals surface area contributed by atoms with Crippen LogP contribution in [0.3, 0.4) is 0 Å². The average molecular weight is 262 g/mol. The van der Waals surface area contributed by atoms with Crippen LogP contribution in [0.2, 0.25) is 0 Å². The minimum absolute atomic E-state index is 0.404. The van der Waals surface area contributed by atoms with Crippen LogP contribution in [0.1, 0.15) is 38.7 Å². The second-order valence-corrected chi connectivity index (χ2v) is 4.89. The summed E-state index contributed by atoms with van der Waals surface area (Å²) in [7, 11) is 0. The molecule has 0 bridgehead atoms. The van der Waals surface area contributed by atoms with E-state index in [1.807, 2.05) is 6.07 Å². The van der Waals surface area contributed by atoms with E-state index in [0.29, 0.717) is 23.7 Å². The molecule has 0 heterocycles. The van der Waals surface area contributed by atoms with Crippen molar-refractivity contribution >= 4 is 0 Å². The van der Waals surface area contributed by atoms with E-state index in [1.54, 1.807) is 24.3 Å². The minimum atomic E-state index is -0.811. The highest BCUT2D eigenvalue weighted by molar-refractivity contribution is 5.42. The fourth-order valence-electron chi connectivity index (χ4n) is 2.04. The summed E-state index contributed by atoms with van der Waals surface area (Å²) in [6, 6.07) is 8.91. The fraction of sp³-hybridized carbons (Fsp3) is 0.533. The molecule has 0 aliphatic rings. The highest BCUT2D eigenvalue weighted by Crippen LogP contribution is 2.20. The van der Waals surface area contributed by atoms with Gasteiger partial charge in [0.05, 0.1) is 5.56 Å². The number of rotatable bonds is 7. The van der Waals surface area contributed by atoms with E-state index < -0.39 is 12.3 Å². The maximum absolute atomic E-state index is 10.0. The molecule has 3 atom stereocenters. The molecule has 19 heavy (non-hydrogen) atoms. The summed E-state index contributed by atoms with van der Waals surface area (Å²) in [5, 5.41) is 19.0. The number of nitrogens with zero attached hydrogens (tertiary/aromatic N) is 1. The Kier molecular flexibility index (Phi) is 6.34. The molecule has 4 nitrogen and oxygen atoms in total. The van der Waals surface area contributed by atoms with Crippen molar-refractivity contribution in [1.82, 2.24) is 0 Å². The van der Waals surface area contributed by atoms with Crippen molar-refractivity contribution in [3.8, 4) is 11.8 Å². The van der Waals surface area contributed by atoms with Crippen LogP contribution in [0.25, 0.3) is 0 Å².